The Morgan fingerprint density at radius 3 is 2.15 bits per heavy atom. The monoisotopic (exact) mass is 368 g/mol. The Morgan fingerprint density at radius 2 is 1.67 bits per heavy atom. The van der Waals surface area contributed by atoms with Crippen LogP contribution in [0.15, 0.2) is 36.4 Å². The molecule has 5 heteroatoms. The van der Waals surface area contributed by atoms with Gasteiger partial charge in [-0.3, -0.25) is 9.59 Å². The highest BCUT2D eigenvalue weighted by molar-refractivity contribution is 5.96. The molecule has 1 N–H and O–H groups in total. The van der Waals surface area contributed by atoms with Gasteiger partial charge < -0.3 is 14.6 Å². The van der Waals surface area contributed by atoms with Crippen molar-refractivity contribution in [3.05, 3.63) is 58.9 Å². The SMILES string of the molecule is Cc1cc(C(=O)N2CCC(C(=O)O)(c3ccccc3)CC2)c(C)n1C(C)C. The van der Waals surface area contributed by atoms with Crippen LogP contribution in [0.1, 0.15) is 60.0 Å². The molecule has 2 heterocycles. The quantitative estimate of drug-likeness (QED) is 0.889. The van der Waals surface area contributed by atoms with Gasteiger partial charge in [0.2, 0.25) is 0 Å². The molecule has 1 fully saturated rings. The third-order valence-electron chi connectivity index (χ3n) is 5.87. The molecular weight excluding hydrogens is 340 g/mol. The van der Waals surface area contributed by atoms with Gasteiger partial charge in [-0.05, 0) is 52.2 Å². The van der Waals surface area contributed by atoms with Gasteiger partial charge in [0.25, 0.3) is 5.91 Å². The highest BCUT2D eigenvalue weighted by atomic mass is 16.4. The number of aromatic nitrogens is 1. The number of nitrogens with zero attached hydrogens (tertiary/aromatic N) is 2. The zero-order chi connectivity index (χ0) is 19.8. The van der Waals surface area contributed by atoms with E-state index in [1.807, 2.05) is 50.2 Å². The number of amides is 1. The first-order valence-corrected chi connectivity index (χ1v) is 9.54. The smallest absolute Gasteiger partial charge is 0.314 e. The zero-order valence-electron chi connectivity index (χ0n) is 16.5. The Balaban J connectivity index is 1.82. The number of rotatable bonds is 4. The fourth-order valence-corrected chi connectivity index (χ4v) is 4.43. The third-order valence-corrected chi connectivity index (χ3v) is 5.87. The van der Waals surface area contributed by atoms with Crippen molar-refractivity contribution >= 4 is 11.9 Å². The van der Waals surface area contributed by atoms with E-state index < -0.39 is 11.4 Å². The molecule has 0 spiro atoms. The van der Waals surface area contributed by atoms with E-state index in [4.69, 9.17) is 0 Å². The lowest BCUT2D eigenvalue weighted by Crippen LogP contribution is -2.49. The second-order valence-electron chi connectivity index (χ2n) is 7.79. The van der Waals surface area contributed by atoms with Gasteiger partial charge in [-0.15, -0.1) is 0 Å². The van der Waals surface area contributed by atoms with Gasteiger partial charge in [0.15, 0.2) is 0 Å². The number of likely N-dealkylation sites (tertiary alicyclic amines) is 1. The molecule has 0 atom stereocenters. The summed E-state index contributed by atoms with van der Waals surface area (Å²) in [4.78, 5) is 27.0. The maximum atomic E-state index is 13.1. The minimum absolute atomic E-state index is 0.00190. The lowest BCUT2D eigenvalue weighted by Gasteiger charge is -2.39. The average Bonchev–Trinajstić information content (AvgIpc) is 2.96. The molecule has 0 aliphatic carbocycles. The number of carbonyl (C=O) groups is 2. The molecule has 1 saturated heterocycles. The summed E-state index contributed by atoms with van der Waals surface area (Å²) in [5.74, 6) is -0.805. The van der Waals surface area contributed by atoms with Crippen LogP contribution in [-0.2, 0) is 10.2 Å². The third kappa shape index (κ3) is 3.27. The topological polar surface area (TPSA) is 62.5 Å². The van der Waals surface area contributed by atoms with Crippen LogP contribution in [0.5, 0.6) is 0 Å². The number of aryl methyl sites for hydroxylation is 1. The molecule has 1 amide bonds. The number of hydrogen-bond donors (Lipinski definition) is 1. The summed E-state index contributed by atoms with van der Waals surface area (Å²) in [6.07, 6.45) is 0.863. The number of hydrogen-bond acceptors (Lipinski definition) is 2. The standard InChI is InChI=1S/C22H28N2O3/c1-15(2)24-16(3)14-19(17(24)4)20(25)23-12-10-22(11-13-23,21(26)27)18-8-6-5-7-9-18/h5-9,14-15H,10-13H2,1-4H3,(H,26,27). The normalized spacial score (nSPS) is 16.6. The van der Waals surface area contributed by atoms with E-state index in [1.54, 1.807) is 4.90 Å². The molecule has 2 aromatic rings. The predicted octanol–water partition coefficient (Wildman–Crippen LogP) is 3.94. The number of carboxylic acid groups (broad SMARTS) is 1. The first-order chi connectivity index (χ1) is 12.8. The molecule has 0 unspecified atom stereocenters. The van der Waals surface area contributed by atoms with Crippen LogP contribution in [-0.4, -0.2) is 39.5 Å². The van der Waals surface area contributed by atoms with Gasteiger partial charge in [0.1, 0.15) is 0 Å². The van der Waals surface area contributed by atoms with Gasteiger partial charge in [-0.1, -0.05) is 30.3 Å². The van der Waals surface area contributed by atoms with Crippen LogP contribution in [0.3, 0.4) is 0 Å². The molecule has 1 aromatic heterocycles. The van der Waals surface area contributed by atoms with Gasteiger partial charge in [0.05, 0.1) is 11.0 Å². The van der Waals surface area contributed by atoms with Crippen molar-refractivity contribution in [3.8, 4) is 0 Å². The van der Waals surface area contributed by atoms with Crippen LogP contribution in [0.25, 0.3) is 0 Å². The maximum Gasteiger partial charge on any atom is 0.314 e. The molecule has 3 rings (SSSR count). The van der Waals surface area contributed by atoms with E-state index in [1.165, 1.54) is 0 Å². The number of benzene rings is 1. The van der Waals surface area contributed by atoms with Gasteiger partial charge in [-0.25, -0.2) is 0 Å². The number of piperidine rings is 1. The summed E-state index contributed by atoms with van der Waals surface area (Å²) in [6, 6.07) is 11.6. The van der Waals surface area contributed by atoms with E-state index in [2.05, 4.69) is 18.4 Å². The highest BCUT2D eigenvalue weighted by Gasteiger charge is 2.44. The number of aliphatic carboxylic acids is 1. The Kier molecular flexibility index (Phi) is 5.13. The van der Waals surface area contributed by atoms with Gasteiger partial charge in [-0.2, -0.15) is 0 Å². The molecular formula is C22H28N2O3. The fraction of sp³-hybridized carbons (Fsp3) is 0.455. The van der Waals surface area contributed by atoms with Crippen molar-refractivity contribution in [1.29, 1.82) is 0 Å². The predicted molar refractivity (Wildman–Crippen MR) is 105 cm³/mol. The van der Waals surface area contributed by atoms with Crippen molar-refractivity contribution < 1.29 is 14.7 Å². The number of carboxylic acids is 1. The largest absolute Gasteiger partial charge is 0.481 e. The summed E-state index contributed by atoms with van der Waals surface area (Å²) in [6.45, 7) is 9.11. The highest BCUT2D eigenvalue weighted by Crippen LogP contribution is 2.36. The lowest BCUT2D eigenvalue weighted by molar-refractivity contribution is -0.145. The van der Waals surface area contributed by atoms with Crippen molar-refractivity contribution in [2.24, 2.45) is 0 Å². The second kappa shape index (κ2) is 7.22. The molecule has 1 aliphatic heterocycles. The summed E-state index contributed by atoms with van der Waals surface area (Å²) in [5, 5.41) is 9.92. The van der Waals surface area contributed by atoms with Crippen molar-refractivity contribution in [2.75, 3.05) is 13.1 Å². The first-order valence-electron chi connectivity index (χ1n) is 9.54. The van der Waals surface area contributed by atoms with E-state index in [0.717, 1.165) is 22.5 Å². The molecule has 0 saturated carbocycles. The zero-order valence-corrected chi connectivity index (χ0v) is 16.5. The molecule has 1 aliphatic rings. The lowest BCUT2D eigenvalue weighted by atomic mass is 9.73. The Hall–Kier alpha value is -2.56. The van der Waals surface area contributed by atoms with Crippen LogP contribution >= 0.6 is 0 Å². The Morgan fingerprint density at radius 1 is 1.07 bits per heavy atom. The Bertz CT molecular complexity index is 844. The minimum atomic E-state index is -0.910. The number of carbonyl (C=O) groups excluding carboxylic acids is 1. The minimum Gasteiger partial charge on any atom is -0.481 e. The van der Waals surface area contributed by atoms with Crippen molar-refractivity contribution in [2.45, 2.75) is 52.0 Å². The van der Waals surface area contributed by atoms with Crippen LogP contribution in [0.4, 0.5) is 0 Å². The molecule has 0 radical (unpaired) electrons. The van der Waals surface area contributed by atoms with Crippen molar-refractivity contribution in [1.82, 2.24) is 9.47 Å². The fourth-order valence-electron chi connectivity index (χ4n) is 4.43. The van der Waals surface area contributed by atoms with E-state index in [-0.39, 0.29) is 5.91 Å². The van der Waals surface area contributed by atoms with Gasteiger partial charge in [0, 0.05) is 30.5 Å². The maximum absolute atomic E-state index is 13.1. The van der Waals surface area contributed by atoms with Gasteiger partial charge >= 0.3 is 5.97 Å². The summed E-state index contributed by atoms with van der Waals surface area (Å²) >= 11 is 0. The van der Waals surface area contributed by atoms with E-state index >= 15 is 0 Å². The molecule has 5 nitrogen and oxygen atoms in total. The summed E-state index contributed by atoms with van der Waals surface area (Å²) < 4.78 is 2.17. The first kappa shape index (κ1) is 19.2. The Labute approximate surface area is 160 Å². The van der Waals surface area contributed by atoms with Crippen molar-refractivity contribution in [3.63, 3.8) is 0 Å². The molecule has 27 heavy (non-hydrogen) atoms. The van der Waals surface area contributed by atoms with Crippen LogP contribution < -0.4 is 0 Å². The second-order valence-corrected chi connectivity index (χ2v) is 7.79. The average molecular weight is 368 g/mol. The van der Waals surface area contributed by atoms with Crippen LogP contribution in [0.2, 0.25) is 0 Å². The van der Waals surface area contributed by atoms with E-state index in [0.29, 0.717) is 32.0 Å². The summed E-state index contributed by atoms with van der Waals surface area (Å²) in [5.41, 5.74) is 2.69. The van der Waals surface area contributed by atoms with E-state index in [9.17, 15) is 14.7 Å². The van der Waals surface area contributed by atoms with Crippen LogP contribution in [0, 0.1) is 13.8 Å². The molecule has 1 aromatic carbocycles. The molecule has 144 valence electrons. The summed E-state index contributed by atoms with van der Waals surface area (Å²) in [7, 11) is 0. The molecule has 0 bridgehead atoms.